The number of hydrogen-bond acceptors (Lipinski definition) is 2. The fourth-order valence-electron chi connectivity index (χ4n) is 1.11. The van der Waals surface area contributed by atoms with Crippen LogP contribution in [0.1, 0.15) is 6.42 Å². The predicted molar refractivity (Wildman–Crippen MR) is 69.2 cm³/mol. The van der Waals surface area contributed by atoms with Crippen molar-refractivity contribution in [3.8, 4) is 0 Å². The van der Waals surface area contributed by atoms with Gasteiger partial charge >= 0.3 is 0 Å². The SMILES string of the molecule is O=C(CCOCC(F)F)Nc1ccccc1I. The fraction of sp³-hybridized carbons (Fsp3) is 0.364. The first kappa shape index (κ1) is 14.3. The van der Waals surface area contributed by atoms with Crippen LogP contribution in [0, 0.1) is 3.57 Å². The highest BCUT2D eigenvalue weighted by atomic mass is 127. The average Bonchev–Trinajstić information content (AvgIpc) is 2.27. The standard InChI is InChI=1S/C11H12F2INO2/c12-10(13)7-17-6-5-11(16)15-9-4-2-1-3-8(9)14/h1-4,10H,5-7H2,(H,15,16). The van der Waals surface area contributed by atoms with Crippen molar-refractivity contribution < 1.29 is 18.3 Å². The van der Waals surface area contributed by atoms with Crippen molar-refractivity contribution in [2.45, 2.75) is 12.8 Å². The maximum atomic E-state index is 11.7. The summed E-state index contributed by atoms with van der Waals surface area (Å²) in [6.45, 7) is -0.629. The highest BCUT2D eigenvalue weighted by Gasteiger charge is 2.06. The normalized spacial score (nSPS) is 10.6. The lowest BCUT2D eigenvalue weighted by Gasteiger charge is -2.07. The first-order chi connectivity index (χ1) is 8.09. The molecular formula is C11H12F2INO2. The van der Waals surface area contributed by atoms with E-state index < -0.39 is 13.0 Å². The van der Waals surface area contributed by atoms with Crippen molar-refractivity contribution in [2.24, 2.45) is 0 Å². The Bertz CT molecular complexity index is 374. The molecule has 94 valence electrons. The molecule has 1 amide bonds. The Balaban J connectivity index is 2.28. The number of amides is 1. The highest BCUT2D eigenvalue weighted by molar-refractivity contribution is 14.1. The second-order valence-electron chi connectivity index (χ2n) is 3.24. The van der Waals surface area contributed by atoms with Crippen molar-refractivity contribution in [1.29, 1.82) is 0 Å². The van der Waals surface area contributed by atoms with Gasteiger partial charge in [-0.15, -0.1) is 0 Å². The Morgan fingerprint density at radius 1 is 1.41 bits per heavy atom. The molecule has 6 heteroatoms. The summed E-state index contributed by atoms with van der Waals surface area (Å²) in [6, 6.07) is 7.32. The second kappa shape index (κ2) is 7.54. The van der Waals surface area contributed by atoms with Gasteiger partial charge in [-0.1, -0.05) is 12.1 Å². The van der Waals surface area contributed by atoms with Crippen LogP contribution >= 0.6 is 22.6 Å². The summed E-state index contributed by atoms with van der Waals surface area (Å²) in [7, 11) is 0. The lowest BCUT2D eigenvalue weighted by molar-refractivity contribution is -0.117. The predicted octanol–water partition coefficient (Wildman–Crippen LogP) is 2.90. The van der Waals surface area contributed by atoms with Gasteiger partial charge in [0.2, 0.25) is 5.91 Å². The largest absolute Gasteiger partial charge is 0.375 e. The summed E-state index contributed by atoms with van der Waals surface area (Å²) in [5.74, 6) is -0.247. The van der Waals surface area contributed by atoms with Crippen molar-refractivity contribution in [1.82, 2.24) is 0 Å². The molecule has 1 aromatic rings. The van der Waals surface area contributed by atoms with Crippen LogP contribution in [0.25, 0.3) is 0 Å². The second-order valence-corrected chi connectivity index (χ2v) is 4.41. The molecule has 1 rings (SSSR count). The number of hydrogen-bond donors (Lipinski definition) is 1. The molecule has 0 saturated carbocycles. The quantitative estimate of drug-likeness (QED) is 0.630. The van der Waals surface area contributed by atoms with Gasteiger partial charge < -0.3 is 10.1 Å². The molecule has 0 aromatic heterocycles. The van der Waals surface area contributed by atoms with Crippen LogP contribution in [0.15, 0.2) is 24.3 Å². The average molecular weight is 355 g/mol. The van der Waals surface area contributed by atoms with E-state index in [0.29, 0.717) is 5.69 Å². The van der Waals surface area contributed by atoms with Gasteiger partial charge in [0.05, 0.1) is 18.7 Å². The number of nitrogens with one attached hydrogen (secondary N) is 1. The smallest absolute Gasteiger partial charge is 0.261 e. The van der Waals surface area contributed by atoms with Crippen LogP contribution < -0.4 is 5.32 Å². The molecule has 0 aliphatic carbocycles. The minimum absolute atomic E-state index is 0.000411. The maximum absolute atomic E-state index is 11.7. The summed E-state index contributed by atoms with van der Waals surface area (Å²) < 4.78 is 29.0. The van der Waals surface area contributed by atoms with Gasteiger partial charge in [0.1, 0.15) is 6.61 Å². The molecule has 0 atom stereocenters. The van der Waals surface area contributed by atoms with Gasteiger partial charge in [-0.05, 0) is 34.7 Å². The molecule has 0 unspecified atom stereocenters. The molecule has 0 fully saturated rings. The number of anilines is 1. The Morgan fingerprint density at radius 2 is 2.12 bits per heavy atom. The molecule has 17 heavy (non-hydrogen) atoms. The van der Waals surface area contributed by atoms with Gasteiger partial charge in [0.25, 0.3) is 6.43 Å². The van der Waals surface area contributed by atoms with E-state index in [9.17, 15) is 13.6 Å². The molecule has 0 aliphatic heterocycles. The Hall–Kier alpha value is -0.760. The van der Waals surface area contributed by atoms with Gasteiger partial charge in [0.15, 0.2) is 0 Å². The lowest BCUT2D eigenvalue weighted by atomic mass is 10.3. The zero-order valence-corrected chi connectivity index (χ0v) is 11.1. The molecule has 3 nitrogen and oxygen atoms in total. The van der Waals surface area contributed by atoms with E-state index >= 15 is 0 Å². The van der Waals surface area contributed by atoms with Crippen LogP contribution in [0.3, 0.4) is 0 Å². The van der Waals surface area contributed by atoms with Gasteiger partial charge in [0, 0.05) is 3.57 Å². The zero-order valence-electron chi connectivity index (χ0n) is 8.96. The fourth-order valence-corrected chi connectivity index (χ4v) is 1.63. The van der Waals surface area contributed by atoms with E-state index in [-0.39, 0.29) is 18.9 Å². The first-order valence-electron chi connectivity index (χ1n) is 5.00. The third-order valence-corrected chi connectivity index (χ3v) is 2.81. The van der Waals surface area contributed by atoms with Crippen molar-refractivity contribution in [3.05, 3.63) is 27.8 Å². The summed E-state index contributed by atoms with van der Waals surface area (Å²) in [5, 5.41) is 2.68. The molecule has 1 N–H and O–H groups in total. The molecular weight excluding hydrogens is 343 g/mol. The summed E-state index contributed by atoms with van der Waals surface area (Å²) in [6.07, 6.45) is -2.43. The van der Waals surface area contributed by atoms with E-state index in [2.05, 4.69) is 32.6 Å². The monoisotopic (exact) mass is 355 g/mol. The zero-order chi connectivity index (χ0) is 12.7. The van der Waals surface area contributed by atoms with Crippen LogP contribution in [0.4, 0.5) is 14.5 Å². The molecule has 0 saturated heterocycles. The molecule has 0 heterocycles. The lowest BCUT2D eigenvalue weighted by Crippen LogP contribution is -2.16. The Morgan fingerprint density at radius 3 is 2.76 bits per heavy atom. The molecule has 0 spiro atoms. The van der Waals surface area contributed by atoms with E-state index in [0.717, 1.165) is 3.57 Å². The topological polar surface area (TPSA) is 38.3 Å². The molecule has 0 radical (unpaired) electrons. The summed E-state index contributed by atoms with van der Waals surface area (Å²) in [4.78, 5) is 11.4. The minimum atomic E-state index is -2.49. The molecule has 0 bridgehead atoms. The highest BCUT2D eigenvalue weighted by Crippen LogP contribution is 2.16. The third-order valence-electron chi connectivity index (χ3n) is 1.87. The number of halogens is 3. The summed E-state index contributed by atoms with van der Waals surface area (Å²) in [5.41, 5.74) is 0.715. The maximum Gasteiger partial charge on any atom is 0.261 e. The van der Waals surface area contributed by atoms with Crippen LogP contribution in [-0.2, 0) is 9.53 Å². The molecule has 1 aromatic carbocycles. The number of rotatable bonds is 6. The minimum Gasteiger partial charge on any atom is -0.375 e. The van der Waals surface area contributed by atoms with Crippen molar-refractivity contribution in [2.75, 3.05) is 18.5 Å². The Labute approximate surface area is 112 Å². The van der Waals surface area contributed by atoms with E-state index in [1.165, 1.54) is 0 Å². The van der Waals surface area contributed by atoms with Crippen LogP contribution in [0.5, 0.6) is 0 Å². The molecule has 0 aliphatic rings. The van der Waals surface area contributed by atoms with Gasteiger partial charge in [-0.2, -0.15) is 0 Å². The number of ether oxygens (including phenoxy) is 1. The van der Waals surface area contributed by atoms with Gasteiger partial charge in [-0.3, -0.25) is 4.79 Å². The number of alkyl halides is 2. The first-order valence-corrected chi connectivity index (χ1v) is 6.07. The van der Waals surface area contributed by atoms with E-state index in [4.69, 9.17) is 0 Å². The van der Waals surface area contributed by atoms with E-state index in [1.54, 1.807) is 6.07 Å². The van der Waals surface area contributed by atoms with Crippen molar-refractivity contribution in [3.63, 3.8) is 0 Å². The third kappa shape index (κ3) is 5.92. The number of para-hydroxylation sites is 1. The summed E-state index contributed by atoms with van der Waals surface area (Å²) >= 11 is 2.10. The number of carbonyl (C=O) groups is 1. The number of carbonyl (C=O) groups excluding carboxylic acids is 1. The van der Waals surface area contributed by atoms with Crippen molar-refractivity contribution >= 4 is 34.2 Å². The Kier molecular flexibility index (Phi) is 6.35. The van der Waals surface area contributed by atoms with E-state index in [1.807, 2.05) is 18.2 Å². The van der Waals surface area contributed by atoms with Crippen LogP contribution in [-0.4, -0.2) is 25.5 Å². The van der Waals surface area contributed by atoms with Crippen LogP contribution in [0.2, 0.25) is 0 Å². The van der Waals surface area contributed by atoms with Gasteiger partial charge in [-0.25, -0.2) is 8.78 Å². The number of benzene rings is 1.